The zero-order valence-electron chi connectivity index (χ0n) is 15.3. The summed E-state index contributed by atoms with van der Waals surface area (Å²) < 4.78 is 60.0. The number of non-ortho nitro benzene ring substituents is 1. The Labute approximate surface area is 173 Å². The molecule has 0 saturated carbocycles. The molecule has 3 aromatic rings. The van der Waals surface area contributed by atoms with Gasteiger partial charge in [-0.1, -0.05) is 17.4 Å². The number of aromatic nitrogens is 1. The Morgan fingerprint density at radius 3 is 2.63 bits per heavy atom. The molecule has 0 aliphatic carbocycles. The normalized spacial score (nSPS) is 16.1. The molecule has 30 heavy (non-hydrogen) atoms. The number of benzene rings is 2. The molecule has 2 aromatic carbocycles. The topological polar surface area (TPSA) is 103 Å². The first-order valence-electron chi connectivity index (χ1n) is 8.91. The fourth-order valence-corrected chi connectivity index (χ4v) is 5.66. The molecule has 1 saturated heterocycles. The smallest absolute Gasteiger partial charge is 0.274 e. The molecule has 0 N–H and O–H groups in total. The number of ether oxygens (including phenoxy) is 1. The quantitative estimate of drug-likeness (QED) is 0.429. The highest BCUT2D eigenvalue weighted by molar-refractivity contribution is 7.89. The maximum absolute atomic E-state index is 13.8. The number of hydrogen-bond donors (Lipinski definition) is 0. The third-order valence-electron chi connectivity index (χ3n) is 4.73. The maximum Gasteiger partial charge on any atom is 0.274 e. The summed E-state index contributed by atoms with van der Waals surface area (Å²) in [7, 11) is -3.88. The van der Waals surface area contributed by atoms with Crippen molar-refractivity contribution < 1.29 is 26.9 Å². The molecule has 0 bridgehead atoms. The van der Waals surface area contributed by atoms with Gasteiger partial charge in [0.15, 0.2) is 5.82 Å². The van der Waals surface area contributed by atoms with Gasteiger partial charge in [0.2, 0.25) is 10.0 Å². The second kappa shape index (κ2) is 7.85. The van der Waals surface area contributed by atoms with Crippen LogP contribution in [0.15, 0.2) is 41.3 Å². The van der Waals surface area contributed by atoms with Gasteiger partial charge in [-0.25, -0.2) is 17.2 Å². The van der Waals surface area contributed by atoms with E-state index in [-0.39, 0.29) is 40.5 Å². The fourth-order valence-electron chi connectivity index (χ4n) is 3.23. The molecule has 8 nitrogen and oxygen atoms in total. The van der Waals surface area contributed by atoms with Gasteiger partial charge in [0.1, 0.15) is 17.4 Å². The Bertz CT molecular complexity index is 1220. The first kappa shape index (κ1) is 20.6. The van der Waals surface area contributed by atoms with E-state index in [1.54, 1.807) is 0 Å². The van der Waals surface area contributed by atoms with Gasteiger partial charge in [-0.2, -0.15) is 9.29 Å². The van der Waals surface area contributed by atoms with Crippen molar-refractivity contribution >= 4 is 37.3 Å². The van der Waals surface area contributed by atoms with Crippen LogP contribution < -0.4 is 4.74 Å². The molecule has 12 heteroatoms. The van der Waals surface area contributed by atoms with E-state index in [1.165, 1.54) is 28.6 Å². The average molecular weight is 455 g/mol. The van der Waals surface area contributed by atoms with Crippen molar-refractivity contribution in [3.8, 4) is 5.19 Å². The second-order valence-corrected chi connectivity index (χ2v) is 9.62. The van der Waals surface area contributed by atoms with Crippen LogP contribution in [0, 0.1) is 21.7 Å². The third-order valence-corrected chi connectivity index (χ3v) is 7.52. The van der Waals surface area contributed by atoms with Gasteiger partial charge in [-0.15, -0.1) is 0 Å². The Kier molecular flexibility index (Phi) is 5.38. The van der Waals surface area contributed by atoms with Gasteiger partial charge < -0.3 is 4.74 Å². The molecular formula is C18H15F2N3O5S2. The molecule has 0 amide bonds. The van der Waals surface area contributed by atoms with Gasteiger partial charge >= 0.3 is 0 Å². The molecule has 1 fully saturated rings. The first-order valence-corrected chi connectivity index (χ1v) is 11.2. The van der Waals surface area contributed by atoms with Crippen LogP contribution in [0.25, 0.3) is 10.2 Å². The molecular weight excluding hydrogens is 440 g/mol. The van der Waals surface area contributed by atoms with E-state index in [2.05, 4.69) is 4.98 Å². The van der Waals surface area contributed by atoms with Crippen LogP contribution in [0.5, 0.6) is 5.19 Å². The van der Waals surface area contributed by atoms with Crippen molar-refractivity contribution in [1.82, 2.24) is 9.29 Å². The average Bonchev–Trinajstić information content (AvgIpc) is 3.11. The van der Waals surface area contributed by atoms with E-state index in [0.29, 0.717) is 17.5 Å². The number of thiazole rings is 1. The zero-order chi connectivity index (χ0) is 21.5. The van der Waals surface area contributed by atoms with Gasteiger partial charge in [-0.3, -0.25) is 10.1 Å². The molecule has 1 aliphatic rings. The molecule has 0 unspecified atom stereocenters. The minimum atomic E-state index is -3.88. The number of piperidine rings is 1. The highest BCUT2D eigenvalue weighted by Gasteiger charge is 2.31. The lowest BCUT2D eigenvalue weighted by Gasteiger charge is -2.30. The van der Waals surface area contributed by atoms with E-state index < -0.39 is 26.6 Å². The lowest BCUT2D eigenvalue weighted by molar-refractivity contribution is -0.385. The predicted octanol–water partition coefficient (Wildman–Crippen LogP) is 3.71. The largest absolute Gasteiger partial charge is 0.467 e. The number of nitrogens with zero attached hydrogens (tertiary/aromatic N) is 3. The highest BCUT2D eigenvalue weighted by Crippen LogP contribution is 2.32. The monoisotopic (exact) mass is 455 g/mol. The lowest BCUT2D eigenvalue weighted by atomic mass is 10.1. The van der Waals surface area contributed by atoms with Gasteiger partial charge in [0, 0.05) is 31.3 Å². The van der Waals surface area contributed by atoms with Gasteiger partial charge in [0.25, 0.3) is 10.9 Å². The molecule has 1 aromatic heterocycles. The summed E-state index contributed by atoms with van der Waals surface area (Å²) in [6.07, 6.45) is 0.386. The van der Waals surface area contributed by atoms with Crippen LogP contribution in [0.2, 0.25) is 0 Å². The van der Waals surface area contributed by atoms with E-state index >= 15 is 0 Å². The first-order chi connectivity index (χ1) is 14.2. The summed E-state index contributed by atoms with van der Waals surface area (Å²) in [6, 6.07) is 6.84. The Morgan fingerprint density at radius 2 is 1.93 bits per heavy atom. The van der Waals surface area contributed by atoms with E-state index in [4.69, 9.17) is 4.74 Å². The summed E-state index contributed by atoms with van der Waals surface area (Å²) in [5.74, 6) is -1.47. The van der Waals surface area contributed by atoms with Crippen molar-refractivity contribution in [1.29, 1.82) is 0 Å². The van der Waals surface area contributed by atoms with E-state index in [9.17, 15) is 27.3 Å². The van der Waals surface area contributed by atoms with Crippen LogP contribution in [-0.4, -0.2) is 41.8 Å². The third kappa shape index (κ3) is 3.98. The van der Waals surface area contributed by atoms with Crippen molar-refractivity contribution in [2.75, 3.05) is 13.1 Å². The molecule has 2 heterocycles. The van der Waals surface area contributed by atoms with Crippen LogP contribution in [-0.2, 0) is 10.0 Å². The van der Waals surface area contributed by atoms with Gasteiger partial charge in [-0.05, 0) is 25.0 Å². The molecule has 0 spiro atoms. The Morgan fingerprint density at radius 1 is 1.20 bits per heavy atom. The molecule has 4 rings (SSSR count). The van der Waals surface area contributed by atoms with Crippen LogP contribution in [0.1, 0.15) is 12.8 Å². The van der Waals surface area contributed by atoms with Crippen LogP contribution in [0.4, 0.5) is 14.5 Å². The van der Waals surface area contributed by atoms with Crippen LogP contribution >= 0.6 is 11.3 Å². The molecule has 0 radical (unpaired) electrons. The predicted molar refractivity (Wildman–Crippen MR) is 105 cm³/mol. The second-order valence-electron chi connectivity index (χ2n) is 6.69. The van der Waals surface area contributed by atoms with E-state index in [1.807, 2.05) is 0 Å². The van der Waals surface area contributed by atoms with Crippen molar-refractivity contribution in [3.05, 3.63) is 58.1 Å². The van der Waals surface area contributed by atoms with Crippen molar-refractivity contribution in [2.45, 2.75) is 23.8 Å². The summed E-state index contributed by atoms with van der Waals surface area (Å²) in [5, 5.41) is 11.1. The molecule has 1 aliphatic heterocycles. The summed E-state index contributed by atoms with van der Waals surface area (Å²) >= 11 is 1.02. The standard InChI is InChI=1S/C18H15F2N3O5S2/c19-11-8-15(20)17-16(9-11)29-18(21-17)28-13-4-6-22(7-5-13)30(26,27)14-3-1-2-12(10-14)23(24)25/h1-3,8-10,13H,4-7H2. The molecule has 0 atom stereocenters. The van der Waals surface area contributed by atoms with Crippen LogP contribution in [0.3, 0.4) is 0 Å². The van der Waals surface area contributed by atoms with Crippen molar-refractivity contribution in [2.24, 2.45) is 0 Å². The number of fused-ring (bicyclic) bond motifs is 1. The van der Waals surface area contributed by atoms with E-state index in [0.717, 1.165) is 23.5 Å². The lowest BCUT2D eigenvalue weighted by Crippen LogP contribution is -2.41. The highest BCUT2D eigenvalue weighted by atomic mass is 32.2. The Hall–Kier alpha value is -2.70. The minimum Gasteiger partial charge on any atom is -0.467 e. The summed E-state index contributed by atoms with van der Waals surface area (Å²) in [4.78, 5) is 14.2. The fraction of sp³-hybridized carbons (Fsp3) is 0.278. The molecule has 158 valence electrons. The zero-order valence-corrected chi connectivity index (χ0v) is 17.0. The number of halogens is 2. The van der Waals surface area contributed by atoms with Gasteiger partial charge in [0.05, 0.1) is 14.5 Å². The SMILES string of the molecule is O=[N+]([O-])c1cccc(S(=O)(=O)N2CCC(Oc3nc4c(F)cc(F)cc4s3)CC2)c1. The van der Waals surface area contributed by atoms with Crippen molar-refractivity contribution in [3.63, 3.8) is 0 Å². The minimum absolute atomic E-state index is 0.0297. The summed E-state index contributed by atoms with van der Waals surface area (Å²) in [5.41, 5.74) is -0.268. The number of nitro benzene ring substituents is 1. The number of rotatable bonds is 5. The summed E-state index contributed by atoms with van der Waals surface area (Å²) in [6.45, 7) is 0.313. The number of nitro groups is 1. The maximum atomic E-state index is 13.8. The number of hydrogen-bond acceptors (Lipinski definition) is 7. The Balaban J connectivity index is 1.44. The number of sulfonamides is 1.